The summed E-state index contributed by atoms with van der Waals surface area (Å²) in [6.07, 6.45) is -4.55. The number of fused-ring (bicyclic) bond motifs is 1. The number of para-hydroxylation sites is 1. The summed E-state index contributed by atoms with van der Waals surface area (Å²) in [4.78, 5) is 4.19. The lowest BCUT2D eigenvalue weighted by Gasteiger charge is -2.12. The van der Waals surface area contributed by atoms with Crippen molar-refractivity contribution >= 4 is 48.6 Å². The van der Waals surface area contributed by atoms with E-state index in [9.17, 15) is 21.6 Å². The summed E-state index contributed by atoms with van der Waals surface area (Å²) in [5, 5.41) is 0.594. The van der Waals surface area contributed by atoms with Crippen LogP contribution in [0.15, 0.2) is 68.9 Å². The first kappa shape index (κ1) is 21.1. The molecule has 0 aliphatic carbocycles. The maximum atomic E-state index is 13.1. The molecular formula is C18H14BrF3N2O2S2. The van der Waals surface area contributed by atoms with Crippen molar-refractivity contribution in [3.05, 3.63) is 64.8 Å². The number of alkyl halides is 3. The molecule has 0 bridgehead atoms. The highest BCUT2D eigenvalue weighted by molar-refractivity contribution is 9.10. The molecule has 0 spiro atoms. The van der Waals surface area contributed by atoms with Gasteiger partial charge in [0.25, 0.3) is 0 Å². The summed E-state index contributed by atoms with van der Waals surface area (Å²) in [5.41, 5.74) is -0.723. The Morgan fingerprint density at radius 2 is 1.75 bits per heavy atom. The molecule has 3 aromatic rings. The SMILES string of the molecule is O=S(=O)(NCCSc1cc(C(F)(F)F)nc2ccccc12)c1ccc(Br)cc1. The van der Waals surface area contributed by atoms with Crippen LogP contribution < -0.4 is 4.72 Å². The zero-order valence-electron chi connectivity index (χ0n) is 14.2. The van der Waals surface area contributed by atoms with E-state index in [1.54, 1.807) is 30.3 Å². The van der Waals surface area contributed by atoms with Gasteiger partial charge in [0, 0.05) is 27.1 Å². The van der Waals surface area contributed by atoms with Crippen LogP contribution in [-0.2, 0) is 16.2 Å². The molecule has 0 aliphatic heterocycles. The number of halogens is 4. The minimum Gasteiger partial charge on any atom is -0.243 e. The fourth-order valence-electron chi connectivity index (χ4n) is 2.44. The molecule has 0 atom stereocenters. The van der Waals surface area contributed by atoms with Crippen LogP contribution >= 0.6 is 27.7 Å². The molecule has 1 heterocycles. The van der Waals surface area contributed by atoms with Crippen LogP contribution in [-0.4, -0.2) is 25.7 Å². The highest BCUT2D eigenvalue weighted by Crippen LogP contribution is 2.34. The van der Waals surface area contributed by atoms with Crippen molar-refractivity contribution in [2.45, 2.75) is 16.0 Å². The van der Waals surface area contributed by atoms with Crippen molar-refractivity contribution < 1.29 is 21.6 Å². The number of nitrogens with zero attached hydrogens (tertiary/aromatic N) is 1. The number of thioether (sulfide) groups is 1. The Morgan fingerprint density at radius 3 is 2.43 bits per heavy atom. The minimum atomic E-state index is -4.55. The Kier molecular flexibility index (Phi) is 6.33. The fraction of sp³-hybridized carbons (Fsp3) is 0.167. The van der Waals surface area contributed by atoms with E-state index >= 15 is 0 Å². The van der Waals surface area contributed by atoms with Gasteiger partial charge in [-0.3, -0.25) is 0 Å². The third kappa shape index (κ3) is 5.05. The van der Waals surface area contributed by atoms with Crippen molar-refractivity contribution in [1.82, 2.24) is 9.71 Å². The maximum Gasteiger partial charge on any atom is 0.433 e. The lowest BCUT2D eigenvalue weighted by molar-refractivity contribution is -0.141. The van der Waals surface area contributed by atoms with Gasteiger partial charge in [-0.2, -0.15) is 13.2 Å². The van der Waals surface area contributed by atoms with E-state index in [-0.39, 0.29) is 22.7 Å². The number of nitrogens with one attached hydrogen (secondary N) is 1. The van der Waals surface area contributed by atoms with E-state index in [2.05, 4.69) is 25.6 Å². The van der Waals surface area contributed by atoms with E-state index in [1.807, 2.05) is 0 Å². The summed E-state index contributed by atoms with van der Waals surface area (Å²) >= 11 is 4.38. The van der Waals surface area contributed by atoms with Crippen LogP contribution in [0.1, 0.15) is 5.69 Å². The standard InChI is InChI=1S/C18H14BrF3N2O2S2/c19-12-5-7-13(8-6-12)28(25,26)23-9-10-27-16-11-17(18(20,21)22)24-15-4-2-1-3-14(15)16/h1-8,11,23H,9-10H2. The lowest BCUT2D eigenvalue weighted by Crippen LogP contribution is -2.26. The zero-order valence-corrected chi connectivity index (χ0v) is 17.4. The quantitative estimate of drug-likeness (QED) is 0.386. The van der Waals surface area contributed by atoms with Crippen molar-refractivity contribution in [2.75, 3.05) is 12.3 Å². The molecule has 28 heavy (non-hydrogen) atoms. The second-order valence-electron chi connectivity index (χ2n) is 5.72. The Balaban J connectivity index is 1.72. The average Bonchev–Trinajstić information content (AvgIpc) is 2.64. The molecule has 1 aromatic heterocycles. The predicted molar refractivity (Wildman–Crippen MR) is 107 cm³/mol. The van der Waals surface area contributed by atoms with Gasteiger partial charge in [-0.05, 0) is 36.4 Å². The van der Waals surface area contributed by atoms with Crippen LogP contribution in [0.25, 0.3) is 10.9 Å². The lowest BCUT2D eigenvalue weighted by atomic mass is 10.2. The Morgan fingerprint density at radius 1 is 1.07 bits per heavy atom. The summed E-state index contributed by atoms with van der Waals surface area (Å²) in [6, 6.07) is 13.7. The average molecular weight is 491 g/mol. The van der Waals surface area contributed by atoms with Crippen LogP contribution in [0.2, 0.25) is 0 Å². The third-order valence-electron chi connectivity index (χ3n) is 3.74. The molecule has 148 valence electrons. The fourth-order valence-corrected chi connectivity index (χ4v) is 4.81. The predicted octanol–water partition coefficient (Wildman–Crippen LogP) is 5.09. The van der Waals surface area contributed by atoms with Crippen molar-refractivity contribution in [3.63, 3.8) is 0 Å². The molecule has 0 saturated heterocycles. The van der Waals surface area contributed by atoms with E-state index in [0.29, 0.717) is 10.3 Å². The molecule has 0 aliphatic rings. The van der Waals surface area contributed by atoms with Gasteiger partial charge in [0.15, 0.2) is 0 Å². The molecule has 2 aromatic carbocycles. The molecule has 0 radical (unpaired) electrons. The number of hydrogen-bond acceptors (Lipinski definition) is 4. The van der Waals surface area contributed by atoms with Gasteiger partial charge in [-0.25, -0.2) is 18.1 Å². The van der Waals surface area contributed by atoms with Gasteiger partial charge in [0.2, 0.25) is 10.0 Å². The normalized spacial score (nSPS) is 12.4. The second-order valence-corrected chi connectivity index (χ2v) is 9.54. The monoisotopic (exact) mass is 490 g/mol. The Hall–Kier alpha value is -1.62. The molecule has 0 saturated carbocycles. The highest BCUT2D eigenvalue weighted by Gasteiger charge is 2.33. The van der Waals surface area contributed by atoms with Gasteiger partial charge in [-0.1, -0.05) is 34.1 Å². The molecule has 0 amide bonds. The summed E-state index contributed by atoms with van der Waals surface area (Å²) in [5.74, 6) is 0.265. The summed E-state index contributed by atoms with van der Waals surface area (Å²) < 4.78 is 67.0. The Labute approximate surface area is 172 Å². The van der Waals surface area contributed by atoms with E-state index in [0.717, 1.165) is 22.3 Å². The van der Waals surface area contributed by atoms with E-state index in [4.69, 9.17) is 0 Å². The van der Waals surface area contributed by atoms with Crippen molar-refractivity contribution in [1.29, 1.82) is 0 Å². The number of hydrogen-bond donors (Lipinski definition) is 1. The molecule has 1 N–H and O–H groups in total. The summed E-state index contributed by atoms with van der Waals surface area (Å²) in [6.45, 7) is 0.0705. The van der Waals surface area contributed by atoms with Crippen LogP contribution in [0.3, 0.4) is 0 Å². The van der Waals surface area contributed by atoms with Crippen LogP contribution in [0.5, 0.6) is 0 Å². The van der Waals surface area contributed by atoms with Gasteiger partial charge >= 0.3 is 6.18 Å². The first-order valence-corrected chi connectivity index (χ1v) is 11.3. The largest absolute Gasteiger partial charge is 0.433 e. The molecule has 0 unspecified atom stereocenters. The van der Waals surface area contributed by atoms with Crippen LogP contribution in [0.4, 0.5) is 13.2 Å². The molecule has 10 heteroatoms. The van der Waals surface area contributed by atoms with Gasteiger partial charge in [-0.15, -0.1) is 11.8 Å². The van der Waals surface area contributed by atoms with E-state index in [1.165, 1.54) is 18.2 Å². The molecule has 0 fully saturated rings. The van der Waals surface area contributed by atoms with Gasteiger partial charge < -0.3 is 0 Å². The number of aromatic nitrogens is 1. The zero-order chi connectivity index (χ0) is 20.4. The number of rotatable bonds is 6. The topological polar surface area (TPSA) is 59.1 Å². The first-order valence-electron chi connectivity index (χ1n) is 8.02. The first-order chi connectivity index (χ1) is 13.2. The summed E-state index contributed by atoms with van der Waals surface area (Å²) in [7, 11) is -3.68. The molecular weight excluding hydrogens is 477 g/mol. The maximum absolute atomic E-state index is 13.1. The van der Waals surface area contributed by atoms with Crippen LogP contribution in [0, 0.1) is 0 Å². The number of sulfonamides is 1. The van der Waals surface area contributed by atoms with E-state index < -0.39 is 21.9 Å². The molecule has 3 rings (SSSR count). The number of pyridine rings is 1. The number of benzene rings is 2. The smallest absolute Gasteiger partial charge is 0.243 e. The van der Waals surface area contributed by atoms with Gasteiger partial charge in [0.05, 0.1) is 10.4 Å². The van der Waals surface area contributed by atoms with Crippen molar-refractivity contribution in [2.24, 2.45) is 0 Å². The molecule has 4 nitrogen and oxygen atoms in total. The van der Waals surface area contributed by atoms with Crippen molar-refractivity contribution in [3.8, 4) is 0 Å². The van der Waals surface area contributed by atoms with Gasteiger partial charge in [0.1, 0.15) is 5.69 Å². The third-order valence-corrected chi connectivity index (χ3v) is 6.81. The minimum absolute atomic E-state index is 0.0705. The Bertz CT molecular complexity index is 1090. The second kappa shape index (κ2) is 8.40. The highest BCUT2D eigenvalue weighted by atomic mass is 79.9.